The van der Waals surface area contributed by atoms with Crippen molar-refractivity contribution in [1.82, 2.24) is 5.32 Å². The van der Waals surface area contributed by atoms with Crippen molar-refractivity contribution in [2.75, 3.05) is 18.1 Å². The summed E-state index contributed by atoms with van der Waals surface area (Å²) in [4.78, 5) is 19.5. The van der Waals surface area contributed by atoms with E-state index in [0.29, 0.717) is 6.54 Å². The summed E-state index contributed by atoms with van der Waals surface area (Å²) in [7, 11) is 0. The predicted molar refractivity (Wildman–Crippen MR) is 70.5 cm³/mol. The Balaban J connectivity index is 0. The maximum absolute atomic E-state index is 11.1. The Hall–Kier alpha value is -1.17. The largest absolute Gasteiger partial charge is 0.483 e. The number of alkyl carbamates (subject to hydrolysis) is 1. The molecule has 0 atom stereocenters. The maximum Gasteiger partial charge on any atom is 0.407 e. The van der Waals surface area contributed by atoms with Gasteiger partial charge in [0.1, 0.15) is 5.60 Å². The third-order valence-electron chi connectivity index (χ3n) is 1.15. The first-order valence-electron chi connectivity index (χ1n) is 5.10. The van der Waals surface area contributed by atoms with Crippen molar-refractivity contribution >= 4 is 24.3 Å². The highest BCUT2D eigenvalue weighted by atomic mass is 32.2. The van der Waals surface area contributed by atoms with E-state index >= 15 is 0 Å². The van der Waals surface area contributed by atoms with Crippen LogP contribution in [0.5, 0.6) is 0 Å². The molecule has 0 aliphatic heterocycles. The molecule has 0 fully saturated rings. The average molecular weight is 263 g/mol. The van der Waals surface area contributed by atoms with Gasteiger partial charge in [-0.15, -0.1) is 6.58 Å². The van der Waals surface area contributed by atoms with E-state index in [1.807, 2.05) is 26.8 Å². The Morgan fingerprint density at radius 3 is 2.47 bits per heavy atom. The summed E-state index contributed by atoms with van der Waals surface area (Å²) in [5.74, 6) is 1.79. The van der Waals surface area contributed by atoms with Crippen LogP contribution in [0.25, 0.3) is 0 Å². The summed E-state index contributed by atoms with van der Waals surface area (Å²) >= 11 is 1.72. The van der Waals surface area contributed by atoms with Crippen LogP contribution in [0.3, 0.4) is 0 Å². The van der Waals surface area contributed by atoms with Gasteiger partial charge in [0.2, 0.25) is 0 Å². The minimum Gasteiger partial charge on any atom is -0.483 e. The number of hydrogen-bond acceptors (Lipinski definition) is 4. The summed E-state index contributed by atoms with van der Waals surface area (Å²) in [5.41, 5.74) is -0.418. The van der Waals surface area contributed by atoms with E-state index in [-0.39, 0.29) is 12.6 Å². The number of nitrogens with one attached hydrogen (secondary N) is 1. The highest BCUT2D eigenvalue weighted by Gasteiger charge is 2.15. The molecule has 0 aliphatic carbocycles. The van der Waals surface area contributed by atoms with E-state index in [0.717, 1.165) is 11.5 Å². The molecule has 0 heterocycles. The van der Waals surface area contributed by atoms with Gasteiger partial charge in [-0.3, -0.25) is 4.79 Å². The van der Waals surface area contributed by atoms with Crippen LogP contribution < -0.4 is 5.32 Å². The first kappa shape index (κ1) is 18.2. The summed E-state index contributed by atoms with van der Waals surface area (Å²) in [5, 5.41) is 9.57. The SMILES string of the molecule is C=CCSCCNC(=O)OC(C)(C)C.O=CO. The molecule has 0 saturated carbocycles. The molecular formula is C11H21NO4S. The second kappa shape index (κ2) is 11.3. The average Bonchev–Trinajstić information content (AvgIpc) is 2.16. The zero-order valence-corrected chi connectivity index (χ0v) is 11.4. The van der Waals surface area contributed by atoms with Crippen LogP contribution in [0.2, 0.25) is 0 Å². The molecule has 0 radical (unpaired) electrons. The Morgan fingerprint density at radius 1 is 1.53 bits per heavy atom. The number of carbonyl (C=O) groups excluding carboxylic acids is 1. The van der Waals surface area contributed by atoms with Gasteiger partial charge in [-0.2, -0.15) is 11.8 Å². The molecule has 0 aromatic carbocycles. The topological polar surface area (TPSA) is 75.6 Å². The summed E-state index contributed by atoms with van der Waals surface area (Å²) in [6, 6.07) is 0. The molecule has 100 valence electrons. The van der Waals surface area contributed by atoms with Gasteiger partial charge >= 0.3 is 6.09 Å². The number of thioether (sulfide) groups is 1. The molecule has 0 spiro atoms. The van der Waals surface area contributed by atoms with Crippen molar-refractivity contribution < 1.29 is 19.4 Å². The van der Waals surface area contributed by atoms with Crippen molar-refractivity contribution in [3.05, 3.63) is 12.7 Å². The monoisotopic (exact) mass is 263 g/mol. The van der Waals surface area contributed by atoms with Crippen molar-refractivity contribution in [2.24, 2.45) is 0 Å². The molecule has 2 N–H and O–H groups in total. The lowest BCUT2D eigenvalue weighted by atomic mass is 10.2. The first-order chi connectivity index (χ1) is 7.87. The molecule has 0 bridgehead atoms. The molecule has 0 unspecified atom stereocenters. The zero-order chi connectivity index (χ0) is 13.7. The molecule has 5 nitrogen and oxygen atoms in total. The molecule has 0 rings (SSSR count). The van der Waals surface area contributed by atoms with Crippen LogP contribution in [-0.2, 0) is 9.53 Å². The molecule has 6 heteroatoms. The van der Waals surface area contributed by atoms with E-state index in [2.05, 4.69) is 11.9 Å². The van der Waals surface area contributed by atoms with Gasteiger partial charge in [0.15, 0.2) is 0 Å². The fourth-order valence-electron chi connectivity index (χ4n) is 0.706. The first-order valence-corrected chi connectivity index (χ1v) is 6.26. The Kier molecular flexibility index (Phi) is 12.1. The maximum atomic E-state index is 11.1. The number of amides is 1. The van der Waals surface area contributed by atoms with Gasteiger partial charge in [-0.05, 0) is 20.8 Å². The normalized spacial score (nSPS) is 9.59. The molecule has 17 heavy (non-hydrogen) atoms. The van der Waals surface area contributed by atoms with Crippen molar-refractivity contribution in [2.45, 2.75) is 26.4 Å². The quantitative estimate of drug-likeness (QED) is 0.451. The zero-order valence-electron chi connectivity index (χ0n) is 10.6. The highest BCUT2D eigenvalue weighted by molar-refractivity contribution is 7.99. The number of rotatable bonds is 5. The Labute approximate surface area is 107 Å². The van der Waals surface area contributed by atoms with Crippen molar-refractivity contribution in [1.29, 1.82) is 0 Å². The molecule has 0 aliphatic rings. The predicted octanol–water partition coefficient (Wildman–Crippen LogP) is 2.13. The van der Waals surface area contributed by atoms with E-state index in [1.165, 1.54) is 0 Å². The van der Waals surface area contributed by atoms with E-state index < -0.39 is 5.60 Å². The van der Waals surface area contributed by atoms with Crippen LogP contribution in [-0.4, -0.2) is 41.3 Å². The van der Waals surface area contributed by atoms with Crippen LogP contribution in [0.4, 0.5) is 4.79 Å². The third kappa shape index (κ3) is 20.8. The highest BCUT2D eigenvalue weighted by Crippen LogP contribution is 2.06. The smallest absolute Gasteiger partial charge is 0.407 e. The third-order valence-corrected chi connectivity index (χ3v) is 2.11. The van der Waals surface area contributed by atoms with Gasteiger partial charge in [0.25, 0.3) is 6.47 Å². The lowest BCUT2D eigenvalue weighted by Crippen LogP contribution is -2.33. The van der Waals surface area contributed by atoms with Crippen LogP contribution in [0.15, 0.2) is 12.7 Å². The number of carboxylic acid groups (broad SMARTS) is 1. The molecule has 0 aromatic heterocycles. The second-order valence-electron chi connectivity index (χ2n) is 3.90. The van der Waals surface area contributed by atoms with Crippen molar-refractivity contribution in [3.8, 4) is 0 Å². The number of hydrogen-bond donors (Lipinski definition) is 2. The van der Waals surface area contributed by atoms with Gasteiger partial charge < -0.3 is 15.2 Å². The lowest BCUT2D eigenvalue weighted by molar-refractivity contribution is -0.122. The molecule has 0 aromatic rings. The van der Waals surface area contributed by atoms with Crippen molar-refractivity contribution in [3.63, 3.8) is 0 Å². The van der Waals surface area contributed by atoms with E-state index in [4.69, 9.17) is 14.6 Å². The minimum absolute atomic E-state index is 0.250. The van der Waals surface area contributed by atoms with Crippen LogP contribution >= 0.6 is 11.8 Å². The fraction of sp³-hybridized carbons (Fsp3) is 0.636. The Bertz CT molecular complexity index is 226. The molecule has 1 amide bonds. The van der Waals surface area contributed by atoms with E-state index in [9.17, 15) is 4.79 Å². The molecule has 0 saturated heterocycles. The number of carbonyl (C=O) groups is 2. The van der Waals surface area contributed by atoms with Gasteiger partial charge in [0.05, 0.1) is 0 Å². The van der Waals surface area contributed by atoms with E-state index in [1.54, 1.807) is 11.8 Å². The van der Waals surface area contributed by atoms with Gasteiger partial charge in [-0.1, -0.05) is 6.08 Å². The number of ether oxygens (including phenoxy) is 1. The van der Waals surface area contributed by atoms with Gasteiger partial charge in [0, 0.05) is 18.1 Å². The summed E-state index contributed by atoms with van der Waals surface area (Å²) < 4.78 is 5.06. The Morgan fingerprint density at radius 2 is 2.06 bits per heavy atom. The van der Waals surface area contributed by atoms with Crippen LogP contribution in [0.1, 0.15) is 20.8 Å². The lowest BCUT2D eigenvalue weighted by Gasteiger charge is -2.19. The minimum atomic E-state index is -0.418. The van der Waals surface area contributed by atoms with Crippen LogP contribution in [0, 0.1) is 0 Å². The standard InChI is InChI=1S/C10H19NO2S.CH2O2/c1-5-7-14-8-6-11-9(12)13-10(2,3)4;2-1-3/h5H,1,6-8H2,2-4H3,(H,11,12);1H,(H,2,3). The summed E-state index contributed by atoms with van der Waals surface area (Å²) in [6.45, 7) is 9.53. The molecular weight excluding hydrogens is 242 g/mol. The second-order valence-corrected chi connectivity index (χ2v) is 5.05. The fourth-order valence-corrected chi connectivity index (χ4v) is 1.29. The van der Waals surface area contributed by atoms with Gasteiger partial charge in [-0.25, -0.2) is 4.79 Å². The summed E-state index contributed by atoms with van der Waals surface area (Å²) in [6.07, 6.45) is 1.50.